The number of carbonyl (C=O) groups is 2. The molecule has 2 N–H and O–H groups in total. The van der Waals surface area contributed by atoms with E-state index in [-0.39, 0.29) is 17.5 Å². The van der Waals surface area contributed by atoms with Gasteiger partial charge in [0, 0.05) is 24.5 Å². The minimum Gasteiger partial charge on any atom is -0.497 e. The molecule has 3 rings (SSSR count). The maximum Gasteiger partial charge on any atom is 0.269 e. The van der Waals surface area contributed by atoms with Gasteiger partial charge in [0.1, 0.15) is 11.4 Å². The average Bonchev–Trinajstić information content (AvgIpc) is 2.78. The molecular weight excluding hydrogens is 368 g/mol. The maximum absolute atomic E-state index is 12.4. The Balaban J connectivity index is 1.52. The van der Waals surface area contributed by atoms with E-state index in [2.05, 4.69) is 20.6 Å². The Bertz CT molecular complexity index is 959. The van der Waals surface area contributed by atoms with Crippen LogP contribution in [0.3, 0.4) is 0 Å². The number of carbonyl (C=O) groups excluding carboxylic acids is 2. The summed E-state index contributed by atoms with van der Waals surface area (Å²) in [4.78, 5) is 32.9. The summed E-state index contributed by atoms with van der Waals surface area (Å²) in [5.41, 5.74) is 2.41. The van der Waals surface area contributed by atoms with Crippen molar-refractivity contribution in [3.8, 4) is 5.75 Å². The van der Waals surface area contributed by atoms with E-state index >= 15 is 0 Å². The molecule has 0 saturated heterocycles. The Morgan fingerprint density at radius 1 is 0.931 bits per heavy atom. The van der Waals surface area contributed by atoms with Gasteiger partial charge in [-0.15, -0.1) is 0 Å². The highest BCUT2D eigenvalue weighted by Crippen LogP contribution is 2.11. The van der Waals surface area contributed by atoms with E-state index in [1.165, 1.54) is 12.3 Å². The predicted octanol–water partition coefficient (Wildman–Crippen LogP) is 2.39. The molecule has 0 aliphatic carbocycles. The van der Waals surface area contributed by atoms with Crippen LogP contribution >= 0.6 is 0 Å². The van der Waals surface area contributed by atoms with Crippen LogP contribution in [0.1, 0.15) is 32.1 Å². The second kappa shape index (κ2) is 9.98. The second-order valence-corrected chi connectivity index (χ2v) is 6.29. The lowest BCUT2D eigenvalue weighted by Crippen LogP contribution is -2.28. The molecule has 7 heteroatoms. The minimum atomic E-state index is -0.321. The van der Waals surface area contributed by atoms with Crippen LogP contribution in [0.25, 0.3) is 0 Å². The van der Waals surface area contributed by atoms with Crippen molar-refractivity contribution in [2.75, 3.05) is 13.7 Å². The van der Waals surface area contributed by atoms with Crippen LogP contribution in [0, 0.1) is 0 Å². The number of rotatable bonds is 8. The summed E-state index contributed by atoms with van der Waals surface area (Å²) >= 11 is 0. The molecule has 0 aliphatic rings. The van der Waals surface area contributed by atoms with Crippen molar-refractivity contribution < 1.29 is 14.3 Å². The standard InChI is InChI=1S/C22H22N4O3/c1-29-19-7-5-16(6-8-19)9-12-25-22(28)20-14-17(10-13-24-20)21(27)26-15-18-4-2-3-11-23-18/h2-8,10-11,13-14H,9,12,15H2,1H3,(H,25,28)(H,26,27). The van der Waals surface area contributed by atoms with Crippen LogP contribution in [0.5, 0.6) is 5.75 Å². The Morgan fingerprint density at radius 2 is 1.76 bits per heavy atom. The SMILES string of the molecule is COc1ccc(CCNC(=O)c2cc(C(=O)NCc3ccccn3)ccn2)cc1. The first-order valence-electron chi connectivity index (χ1n) is 9.21. The summed E-state index contributed by atoms with van der Waals surface area (Å²) in [6, 6.07) is 16.2. The third-order valence-corrected chi connectivity index (χ3v) is 4.27. The molecule has 29 heavy (non-hydrogen) atoms. The molecular formula is C22H22N4O3. The predicted molar refractivity (Wildman–Crippen MR) is 109 cm³/mol. The number of nitrogens with zero attached hydrogens (tertiary/aromatic N) is 2. The highest BCUT2D eigenvalue weighted by Gasteiger charge is 2.12. The van der Waals surface area contributed by atoms with Gasteiger partial charge in [-0.2, -0.15) is 0 Å². The first kappa shape index (κ1) is 20.0. The number of hydrogen-bond acceptors (Lipinski definition) is 5. The Morgan fingerprint density at radius 3 is 2.48 bits per heavy atom. The fraction of sp³-hybridized carbons (Fsp3) is 0.182. The van der Waals surface area contributed by atoms with E-state index in [1.807, 2.05) is 42.5 Å². The molecule has 1 aromatic carbocycles. The lowest BCUT2D eigenvalue weighted by atomic mass is 10.1. The second-order valence-electron chi connectivity index (χ2n) is 6.29. The Kier molecular flexibility index (Phi) is 6.89. The van der Waals surface area contributed by atoms with Crippen LogP contribution in [0.15, 0.2) is 67.0 Å². The first-order valence-corrected chi connectivity index (χ1v) is 9.21. The molecule has 0 aliphatic heterocycles. The number of benzene rings is 1. The summed E-state index contributed by atoms with van der Waals surface area (Å²) in [7, 11) is 1.62. The monoisotopic (exact) mass is 390 g/mol. The summed E-state index contributed by atoms with van der Waals surface area (Å²) in [6.45, 7) is 0.772. The van der Waals surface area contributed by atoms with Crippen molar-refractivity contribution in [3.05, 3.63) is 89.5 Å². The lowest BCUT2D eigenvalue weighted by molar-refractivity contribution is 0.0949. The average molecular weight is 390 g/mol. The number of aromatic nitrogens is 2. The molecule has 0 unspecified atom stereocenters. The summed E-state index contributed by atoms with van der Waals surface area (Å²) in [5, 5.41) is 5.61. The van der Waals surface area contributed by atoms with Gasteiger partial charge in [0.2, 0.25) is 0 Å². The van der Waals surface area contributed by atoms with Crippen molar-refractivity contribution in [3.63, 3.8) is 0 Å². The third kappa shape index (κ3) is 5.87. The topological polar surface area (TPSA) is 93.2 Å². The zero-order valence-electron chi connectivity index (χ0n) is 16.1. The zero-order valence-corrected chi connectivity index (χ0v) is 16.1. The fourth-order valence-corrected chi connectivity index (χ4v) is 2.67. The first-order chi connectivity index (χ1) is 14.2. The summed E-state index contributed by atoms with van der Waals surface area (Å²) < 4.78 is 5.13. The van der Waals surface area contributed by atoms with Gasteiger partial charge in [-0.05, 0) is 48.4 Å². The number of methoxy groups -OCH3 is 1. The van der Waals surface area contributed by atoms with E-state index in [4.69, 9.17) is 4.74 Å². The van der Waals surface area contributed by atoms with E-state index in [0.29, 0.717) is 25.1 Å². The number of ether oxygens (including phenoxy) is 1. The van der Waals surface area contributed by atoms with Crippen molar-refractivity contribution >= 4 is 11.8 Å². The quantitative estimate of drug-likeness (QED) is 0.616. The highest BCUT2D eigenvalue weighted by atomic mass is 16.5. The van der Waals surface area contributed by atoms with Gasteiger partial charge in [0.15, 0.2) is 0 Å². The van der Waals surface area contributed by atoms with E-state index < -0.39 is 0 Å². The van der Waals surface area contributed by atoms with Gasteiger partial charge in [-0.3, -0.25) is 19.6 Å². The zero-order chi connectivity index (χ0) is 20.5. The molecule has 0 spiro atoms. The van der Waals surface area contributed by atoms with E-state index in [0.717, 1.165) is 17.0 Å². The van der Waals surface area contributed by atoms with Crippen molar-refractivity contribution in [2.24, 2.45) is 0 Å². The van der Waals surface area contributed by atoms with Crippen molar-refractivity contribution in [1.82, 2.24) is 20.6 Å². The molecule has 0 radical (unpaired) electrons. The number of pyridine rings is 2. The third-order valence-electron chi connectivity index (χ3n) is 4.27. The summed E-state index contributed by atoms with van der Waals surface area (Å²) in [6.07, 6.45) is 3.80. The van der Waals surface area contributed by atoms with Gasteiger partial charge in [0.05, 0.1) is 19.3 Å². The minimum absolute atomic E-state index is 0.199. The molecule has 2 aromatic heterocycles. The largest absolute Gasteiger partial charge is 0.497 e. The van der Waals surface area contributed by atoms with Crippen LogP contribution in [-0.4, -0.2) is 35.4 Å². The molecule has 0 bridgehead atoms. The molecule has 7 nitrogen and oxygen atoms in total. The molecule has 0 saturated carbocycles. The highest BCUT2D eigenvalue weighted by molar-refractivity contribution is 5.98. The van der Waals surface area contributed by atoms with Gasteiger partial charge in [0.25, 0.3) is 11.8 Å². The van der Waals surface area contributed by atoms with Crippen molar-refractivity contribution in [2.45, 2.75) is 13.0 Å². The normalized spacial score (nSPS) is 10.2. The van der Waals surface area contributed by atoms with E-state index in [9.17, 15) is 9.59 Å². The molecule has 0 fully saturated rings. The number of amides is 2. The fourth-order valence-electron chi connectivity index (χ4n) is 2.67. The lowest BCUT2D eigenvalue weighted by Gasteiger charge is -2.08. The number of hydrogen-bond donors (Lipinski definition) is 2. The van der Waals surface area contributed by atoms with Crippen LogP contribution in [0.4, 0.5) is 0 Å². The molecule has 2 heterocycles. The summed E-state index contributed by atoms with van der Waals surface area (Å²) in [5.74, 6) is 0.184. The van der Waals surface area contributed by atoms with Crippen LogP contribution in [-0.2, 0) is 13.0 Å². The van der Waals surface area contributed by atoms with Crippen LogP contribution in [0.2, 0.25) is 0 Å². The van der Waals surface area contributed by atoms with E-state index in [1.54, 1.807) is 19.4 Å². The van der Waals surface area contributed by atoms with Gasteiger partial charge < -0.3 is 15.4 Å². The van der Waals surface area contributed by atoms with Crippen LogP contribution < -0.4 is 15.4 Å². The van der Waals surface area contributed by atoms with Gasteiger partial charge in [-0.25, -0.2) is 0 Å². The van der Waals surface area contributed by atoms with Crippen molar-refractivity contribution in [1.29, 1.82) is 0 Å². The van der Waals surface area contributed by atoms with Gasteiger partial charge >= 0.3 is 0 Å². The molecule has 2 amide bonds. The maximum atomic E-state index is 12.4. The molecule has 0 atom stereocenters. The Hall–Kier alpha value is -3.74. The molecule has 3 aromatic rings. The smallest absolute Gasteiger partial charge is 0.269 e. The number of nitrogens with one attached hydrogen (secondary N) is 2. The van der Waals surface area contributed by atoms with Gasteiger partial charge in [-0.1, -0.05) is 18.2 Å². The Labute approximate surface area is 169 Å². The molecule has 148 valence electrons.